The van der Waals surface area contributed by atoms with E-state index in [0.717, 1.165) is 12.3 Å². The molecule has 1 amide bonds. The van der Waals surface area contributed by atoms with Crippen LogP contribution < -0.4 is 15.4 Å². The van der Waals surface area contributed by atoms with Gasteiger partial charge in [0.15, 0.2) is 0 Å². The number of halogens is 5. The van der Waals surface area contributed by atoms with Gasteiger partial charge in [-0.05, 0) is 36.4 Å². The molecule has 2 rings (SSSR count). The van der Waals surface area contributed by atoms with Gasteiger partial charge in [-0.1, -0.05) is 23.2 Å². The first-order valence-electron chi connectivity index (χ1n) is 7.54. The highest BCUT2D eigenvalue weighted by Gasteiger charge is 2.33. The molecule has 0 unspecified atom stereocenters. The molecule has 0 fully saturated rings. The lowest BCUT2D eigenvalue weighted by Gasteiger charge is -2.12. The van der Waals surface area contributed by atoms with Crippen molar-refractivity contribution in [1.29, 1.82) is 5.26 Å². The Bertz CT molecular complexity index is 970. The number of hydrogen-bond acceptors (Lipinski definition) is 4. The highest BCUT2D eigenvalue weighted by molar-refractivity contribution is 6.31. The van der Waals surface area contributed by atoms with Gasteiger partial charge in [-0.25, -0.2) is 0 Å². The number of carbonyl (C=O) groups excluding carboxylic acids is 1. The Balaban J connectivity index is 2.22. The minimum Gasteiger partial charge on any atom is -0.495 e. The second kappa shape index (κ2) is 8.87. The van der Waals surface area contributed by atoms with Crippen molar-refractivity contribution in [2.24, 2.45) is 0 Å². The summed E-state index contributed by atoms with van der Waals surface area (Å²) in [5, 5.41) is 14.0. The molecule has 0 bridgehead atoms. The lowest BCUT2D eigenvalue weighted by Crippen LogP contribution is -2.15. The van der Waals surface area contributed by atoms with Crippen molar-refractivity contribution >= 4 is 40.5 Å². The van der Waals surface area contributed by atoms with E-state index in [-0.39, 0.29) is 11.3 Å². The second-order valence-electron chi connectivity index (χ2n) is 5.31. The van der Waals surface area contributed by atoms with Gasteiger partial charge >= 0.3 is 6.18 Å². The summed E-state index contributed by atoms with van der Waals surface area (Å²) in [5.74, 6) is -0.502. The summed E-state index contributed by atoms with van der Waals surface area (Å²) < 4.78 is 43.9. The highest BCUT2D eigenvalue weighted by atomic mass is 35.5. The van der Waals surface area contributed by atoms with Crippen LogP contribution in [0.15, 0.2) is 48.2 Å². The standard InChI is InChI=1S/C18H12Cl2F3N3O2/c1-28-16-5-2-11(19)6-15(16)25-9-10(8-24)17(27)26-12-3-4-14(20)13(7-12)18(21,22)23/h2-7,9,25H,1H3,(H,26,27)/b10-9-. The van der Waals surface area contributed by atoms with E-state index in [1.54, 1.807) is 18.2 Å². The summed E-state index contributed by atoms with van der Waals surface area (Å²) in [4.78, 5) is 12.2. The molecular weight excluding hydrogens is 418 g/mol. The Kier molecular flexibility index (Phi) is 6.78. The van der Waals surface area contributed by atoms with Crippen LogP contribution in [0, 0.1) is 11.3 Å². The number of alkyl halides is 3. The first-order valence-corrected chi connectivity index (χ1v) is 8.29. The topological polar surface area (TPSA) is 74.1 Å². The maximum atomic E-state index is 12.9. The molecular formula is C18H12Cl2F3N3O2. The number of nitriles is 1. The van der Waals surface area contributed by atoms with E-state index in [0.29, 0.717) is 22.5 Å². The van der Waals surface area contributed by atoms with Gasteiger partial charge in [-0.3, -0.25) is 4.79 Å². The molecule has 0 atom stereocenters. The zero-order valence-corrected chi connectivity index (χ0v) is 15.7. The zero-order chi connectivity index (χ0) is 20.9. The summed E-state index contributed by atoms with van der Waals surface area (Å²) in [5.41, 5.74) is -1.26. The van der Waals surface area contributed by atoms with Crippen LogP contribution in [0.5, 0.6) is 5.75 Å². The number of amides is 1. The van der Waals surface area contributed by atoms with E-state index < -0.39 is 22.7 Å². The quantitative estimate of drug-likeness (QED) is 0.487. The number of anilines is 2. The molecule has 2 aromatic carbocycles. The zero-order valence-electron chi connectivity index (χ0n) is 14.2. The summed E-state index contributed by atoms with van der Waals surface area (Å²) in [6, 6.07) is 9.23. The minimum atomic E-state index is -4.68. The second-order valence-corrected chi connectivity index (χ2v) is 6.15. The SMILES string of the molecule is COc1ccc(Cl)cc1N/C=C(/C#N)C(=O)Nc1ccc(Cl)c(C(F)(F)F)c1. The van der Waals surface area contributed by atoms with Gasteiger partial charge in [-0.15, -0.1) is 0 Å². The van der Waals surface area contributed by atoms with Gasteiger partial charge in [0.1, 0.15) is 17.4 Å². The monoisotopic (exact) mass is 429 g/mol. The maximum Gasteiger partial charge on any atom is 0.417 e. The lowest BCUT2D eigenvalue weighted by molar-refractivity contribution is -0.137. The fourth-order valence-electron chi connectivity index (χ4n) is 2.11. The summed E-state index contributed by atoms with van der Waals surface area (Å²) in [7, 11) is 1.43. The fraction of sp³-hybridized carbons (Fsp3) is 0.111. The number of nitrogens with one attached hydrogen (secondary N) is 2. The maximum absolute atomic E-state index is 12.9. The van der Waals surface area contributed by atoms with E-state index in [4.69, 9.17) is 27.9 Å². The van der Waals surface area contributed by atoms with Gasteiger partial charge in [0.25, 0.3) is 5.91 Å². The summed E-state index contributed by atoms with van der Waals surface area (Å²) >= 11 is 11.4. The molecule has 2 N–H and O–H groups in total. The van der Waals surface area contributed by atoms with Crippen LogP contribution in [0.25, 0.3) is 0 Å². The number of ether oxygens (including phenoxy) is 1. The molecule has 28 heavy (non-hydrogen) atoms. The van der Waals surface area contributed by atoms with Gasteiger partial charge in [0.05, 0.1) is 23.4 Å². The Hall–Kier alpha value is -2.89. The third-order valence-electron chi connectivity index (χ3n) is 3.43. The Morgan fingerprint density at radius 1 is 1.21 bits per heavy atom. The van der Waals surface area contributed by atoms with E-state index in [9.17, 15) is 23.2 Å². The van der Waals surface area contributed by atoms with Crippen molar-refractivity contribution in [2.75, 3.05) is 17.7 Å². The van der Waals surface area contributed by atoms with Crippen LogP contribution in [-0.2, 0) is 11.0 Å². The van der Waals surface area contributed by atoms with Crippen molar-refractivity contribution in [3.63, 3.8) is 0 Å². The normalized spacial score (nSPS) is 11.5. The van der Waals surface area contributed by atoms with Crippen molar-refractivity contribution < 1.29 is 22.7 Å². The molecule has 0 aliphatic heterocycles. The molecule has 5 nitrogen and oxygen atoms in total. The predicted octanol–water partition coefficient (Wildman–Crippen LogP) is 5.48. The molecule has 2 aromatic rings. The Morgan fingerprint density at radius 3 is 2.54 bits per heavy atom. The van der Waals surface area contributed by atoms with Crippen molar-refractivity contribution in [2.45, 2.75) is 6.18 Å². The van der Waals surface area contributed by atoms with Crippen LogP contribution in [0.1, 0.15) is 5.56 Å². The number of hydrogen-bond donors (Lipinski definition) is 2. The van der Waals surface area contributed by atoms with E-state index in [1.165, 1.54) is 19.2 Å². The smallest absolute Gasteiger partial charge is 0.417 e. The molecule has 0 heterocycles. The molecule has 0 saturated heterocycles. The van der Waals surface area contributed by atoms with E-state index in [1.807, 2.05) is 0 Å². The molecule has 0 aliphatic rings. The first-order chi connectivity index (χ1) is 13.2. The van der Waals surface area contributed by atoms with Crippen LogP contribution in [0.4, 0.5) is 24.5 Å². The number of nitrogens with zero attached hydrogens (tertiary/aromatic N) is 1. The van der Waals surface area contributed by atoms with Crippen LogP contribution >= 0.6 is 23.2 Å². The molecule has 146 valence electrons. The van der Waals surface area contributed by atoms with Crippen molar-refractivity contribution in [3.05, 3.63) is 63.8 Å². The van der Waals surface area contributed by atoms with E-state index in [2.05, 4.69) is 10.6 Å². The molecule has 10 heteroatoms. The average molecular weight is 430 g/mol. The molecule has 0 aromatic heterocycles. The predicted molar refractivity (Wildman–Crippen MR) is 100 cm³/mol. The summed E-state index contributed by atoms with van der Waals surface area (Å²) in [6.07, 6.45) is -3.60. The van der Waals surface area contributed by atoms with Crippen molar-refractivity contribution in [3.8, 4) is 11.8 Å². The molecule has 0 radical (unpaired) electrons. The van der Waals surface area contributed by atoms with Crippen LogP contribution in [-0.4, -0.2) is 13.0 Å². The number of rotatable bonds is 5. The summed E-state index contributed by atoms with van der Waals surface area (Å²) in [6.45, 7) is 0. The molecule has 0 saturated carbocycles. The van der Waals surface area contributed by atoms with Gasteiger partial charge < -0.3 is 15.4 Å². The Labute approximate surface area is 168 Å². The Morgan fingerprint density at radius 2 is 1.93 bits per heavy atom. The third-order valence-corrected chi connectivity index (χ3v) is 3.99. The third kappa shape index (κ3) is 5.31. The first kappa shape index (κ1) is 21.4. The lowest BCUT2D eigenvalue weighted by atomic mass is 10.2. The van der Waals surface area contributed by atoms with E-state index >= 15 is 0 Å². The van der Waals surface area contributed by atoms with Gasteiger partial charge in [0, 0.05) is 16.9 Å². The van der Waals surface area contributed by atoms with Gasteiger partial charge in [-0.2, -0.15) is 18.4 Å². The number of carbonyl (C=O) groups is 1. The molecule has 0 aliphatic carbocycles. The molecule has 0 spiro atoms. The fourth-order valence-corrected chi connectivity index (χ4v) is 2.51. The van der Waals surface area contributed by atoms with Crippen molar-refractivity contribution in [1.82, 2.24) is 0 Å². The van der Waals surface area contributed by atoms with Gasteiger partial charge in [0.2, 0.25) is 0 Å². The number of benzene rings is 2. The largest absolute Gasteiger partial charge is 0.495 e. The average Bonchev–Trinajstić information content (AvgIpc) is 2.63. The van der Waals surface area contributed by atoms with Crippen LogP contribution in [0.3, 0.4) is 0 Å². The van der Waals surface area contributed by atoms with Crippen LogP contribution in [0.2, 0.25) is 10.0 Å². The highest BCUT2D eigenvalue weighted by Crippen LogP contribution is 2.36. The number of methoxy groups -OCH3 is 1. The minimum absolute atomic E-state index is 0.164.